The third-order valence-corrected chi connectivity index (χ3v) is 3.24. The fraction of sp³-hybridized carbons (Fsp3) is 0.929. The highest BCUT2D eigenvalue weighted by Gasteiger charge is 2.09. The zero-order valence-electron chi connectivity index (χ0n) is 12.3. The van der Waals surface area contributed by atoms with Crippen LogP contribution in [-0.2, 0) is 4.79 Å². The van der Waals surface area contributed by atoms with Crippen molar-refractivity contribution in [1.29, 1.82) is 0 Å². The first-order valence-corrected chi connectivity index (χ1v) is 7.22. The maximum Gasteiger partial charge on any atom is 0.222 e. The maximum absolute atomic E-state index is 11.8. The highest BCUT2D eigenvalue weighted by atomic mass is 16.2. The monoisotopic (exact) mass is 258 g/mol. The van der Waals surface area contributed by atoms with E-state index in [1.54, 1.807) is 0 Å². The summed E-state index contributed by atoms with van der Waals surface area (Å²) < 4.78 is 0. The van der Waals surface area contributed by atoms with Gasteiger partial charge in [0.2, 0.25) is 5.91 Å². The second-order valence-corrected chi connectivity index (χ2v) is 4.76. The molecule has 0 atom stereocenters. The first-order valence-electron chi connectivity index (χ1n) is 7.22. The molecule has 0 bridgehead atoms. The molecule has 0 aromatic rings. The van der Waals surface area contributed by atoms with Gasteiger partial charge in [-0.1, -0.05) is 0 Å². The molecule has 0 fully saturated rings. The van der Waals surface area contributed by atoms with Crippen LogP contribution in [0.1, 0.15) is 46.0 Å². The Hall–Kier alpha value is -0.610. The smallest absolute Gasteiger partial charge is 0.222 e. The van der Waals surface area contributed by atoms with Crippen LogP contribution in [0.25, 0.3) is 0 Å². The van der Waals surface area contributed by atoms with Crippen LogP contribution in [0.2, 0.25) is 0 Å². The Morgan fingerprint density at radius 2 is 1.61 bits per heavy atom. The van der Waals surface area contributed by atoms with Gasteiger partial charge in [-0.25, -0.2) is 0 Å². The third-order valence-electron chi connectivity index (χ3n) is 3.24. The average molecular weight is 258 g/mol. The topological polar surface area (TPSA) is 43.8 Å². The molecule has 1 amide bonds. The Bertz CT molecular complexity index is 206. The highest BCUT2D eigenvalue weighted by molar-refractivity contribution is 5.76. The lowest BCUT2D eigenvalue weighted by Gasteiger charge is -2.20. The molecule has 0 saturated heterocycles. The van der Waals surface area contributed by atoms with Gasteiger partial charge in [0.25, 0.3) is 0 Å². The van der Waals surface area contributed by atoms with Crippen molar-refractivity contribution in [1.82, 2.24) is 9.80 Å². The molecule has 0 aromatic heterocycles. The first kappa shape index (κ1) is 17.4. The average Bonchev–Trinajstić information content (AvgIpc) is 2.36. The summed E-state index contributed by atoms with van der Waals surface area (Å²) in [6.07, 6.45) is 4.70. The van der Waals surface area contributed by atoms with Gasteiger partial charge in [0.15, 0.2) is 0 Å². The van der Waals surface area contributed by atoms with Crippen LogP contribution < -0.4 is 0 Å². The number of hydrogen-bond acceptors (Lipinski definition) is 3. The zero-order chi connectivity index (χ0) is 13.8. The molecule has 0 radical (unpaired) electrons. The fourth-order valence-corrected chi connectivity index (χ4v) is 2.02. The minimum absolute atomic E-state index is 0.272. The maximum atomic E-state index is 11.8. The SMILES string of the molecule is CCN(CC)C(=O)CCCN(C)CCCCCO. The van der Waals surface area contributed by atoms with Crippen LogP contribution >= 0.6 is 0 Å². The Labute approximate surface area is 112 Å². The summed E-state index contributed by atoms with van der Waals surface area (Å²) >= 11 is 0. The number of hydrogen-bond donors (Lipinski definition) is 1. The van der Waals surface area contributed by atoms with E-state index in [1.165, 1.54) is 0 Å². The van der Waals surface area contributed by atoms with Gasteiger partial charge < -0.3 is 14.9 Å². The van der Waals surface area contributed by atoms with Crippen LogP contribution in [0.15, 0.2) is 0 Å². The number of carbonyl (C=O) groups excluding carboxylic acids is 1. The number of rotatable bonds is 11. The Morgan fingerprint density at radius 1 is 1.00 bits per heavy atom. The standard InChI is InChI=1S/C14H30N2O2/c1-4-16(5-2)14(18)10-9-12-15(3)11-7-6-8-13-17/h17H,4-13H2,1-3H3. The van der Waals surface area contributed by atoms with Gasteiger partial charge in [-0.3, -0.25) is 4.79 Å². The number of carbonyl (C=O) groups is 1. The van der Waals surface area contributed by atoms with E-state index in [4.69, 9.17) is 5.11 Å². The van der Waals surface area contributed by atoms with Crippen molar-refractivity contribution < 1.29 is 9.90 Å². The zero-order valence-corrected chi connectivity index (χ0v) is 12.3. The van der Waals surface area contributed by atoms with E-state index in [2.05, 4.69) is 11.9 Å². The minimum atomic E-state index is 0.272. The van der Waals surface area contributed by atoms with Gasteiger partial charge in [-0.15, -0.1) is 0 Å². The first-order chi connectivity index (χ1) is 8.65. The summed E-state index contributed by atoms with van der Waals surface area (Å²) in [6.45, 7) is 8.00. The molecule has 1 N–H and O–H groups in total. The predicted molar refractivity (Wildman–Crippen MR) is 75.6 cm³/mol. The number of unbranched alkanes of at least 4 members (excludes halogenated alkanes) is 2. The second kappa shape index (κ2) is 11.5. The van der Waals surface area contributed by atoms with Crippen LogP contribution in [-0.4, -0.2) is 60.6 Å². The van der Waals surface area contributed by atoms with E-state index in [0.717, 1.165) is 51.9 Å². The fourth-order valence-electron chi connectivity index (χ4n) is 2.02. The molecule has 0 aliphatic rings. The third kappa shape index (κ3) is 8.48. The molecule has 0 heterocycles. The van der Waals surface area contributed by atoms with E-state index in [0.29, 0.717) is 13.0 Å². The van der Waals surface area contributed by atoms with Crippen molar-refractivity contribution in [3.05, 3.63) is 0 Å². The van der Waals surface area contributed by atoms with Crippen LogP contribution in [0, 0.1) is 0 Å². The van der Waals surface area contributed by atoms with Gasteiger partial charge in [0, 0.05) is 26.1 Å². The molecule has 4 nitrogen and oxygen atoms in total. The Balaban J connectivity index is 3.55. The number of amides is 1. The van der Waals surface area contributed by atoms with Crippen LogP contribution in [0.4, 0.5) is 0 Å². The molecular weight excluding hydrogens is 228 g/mol. The van der Waals surface area contributed by atoms with Crippen LogP contribution in [0.3, 0.4) is 0 Å². The van der Waals surface area contributed by atoms with E-state index < -0.39 is 0 Å². The second-order valence-electron chi connectivity index (χ2n) is 4.76. The molecule has 0 rings (SSSR count). The molecule has 0 aliphatic carbocycles. The summed E-state index contributed by atoms with van der Waals surface area (Å²) in [7, 11) is 2.10. The summed E-state index contributed by atoms with van der Waals surface area (Å²) in [4.78, 5) is 15.9. The lowest BCUT2D eigenvalue weighted by Crippen LogP contribution is -2.31. The minimum Gasteiger partial charge on any atom is -0.396 e. The van der Waals surface area contributed by atoms with E-state index in [1.807, 2.05) is 18.7 Å². The van der Waals surface area contributed by atoms with E-state index >= 15 is 0 Å². The predicted octanol–water partition coefficient (Wildman–Crippen LogP) is 1.73. The van der Waals surface area contributed by atoms with Crippen molar-refractivity contribution >= 4 is 5.91 Å². The Kier molecular flexibility index (Phi) is 11.1. The summed E-state index contributed by atoms with van der Waals surface area (Å²) in [6, 6.07) is 0. The van der Waals surface area contributed by atoms with Crippen molar-refractivity contribution in [2.45, 2.75) is 46.0 Å². The molecule has 0 saturated carbocycles. The number of aliphatic hydroxyl groups is 1. The molecule has 0 spiro atoms. The summed E-state index contributed by atoms with van der Waals surface area (Å²) in [5, 5.41) is 8.68. The molecule has 0 aliphatic heterocycles. The summed E-state index contributed by atoms with van der Waals surface area (Å²) in [5.41, 5.74) is 0. The van der Waals surface area contributed by atoms with Gasteiger partial charge >= 0.3 is 0 Å². The van der Waals surface area contributed by atoms with Crippen LogP contribution in [0.5, 0.6) is 0 Å². The normalized spacial score (nSPS) is 10.9. The summed E-state index contributed by atoms with van der Waals surface area (Å²) in [5.74, 6) is 0.272. The van der Waals surface area contributed by atoms with Gasteiger partial charge in [-0.05, 0) is 59.7 Å². The van der Waals surface area contributed by atoms with Crippen molar-refractivity contribution in [3.63, 3.8) is 0 Å². The highest BCUT2D eigenvalue weighted by Crippen LogP contribution is 2.01. The van der Waals surface area contributed by atoms with E-state index in [-0.39, 0.29) is 5.91 Å². The van der Waals surface area contributed by atoms with Crippen molar-refractivity contribution in [2.75, 3.05) is 39.8 Å². The lowest BCUT2D eigenvalue weighted by molar-refractivity contribution is -0.130. The van der Waals surface area contributed by atoms with Gasteiger partial charge in [0.1, 0.15) is 0 Å². The molecule has 0 unspecified atom stereocenters. The molecule has 108 valence electrons. The van der Waals surface area contributed by atoms with E-state index in [9.17, 15) is 4.79 Å². The lowest BCUT2D eigenvalue weighted by atomic mass is 10.2. The Morgan fingerprint density at radius 3 is 2.17 bits per heavy atom. The van der Waals surface area contributed by atoms with Gasteiger partial charge in [-0.2, -0.15) is 0 Å². The van der Waals surface area contributed by atoms with Crippen molar-refractivity contribution in [3.8, 4) is 0 Å². The van der Waals surface area contributed by atoms with Crippen molar-refractivity contribution in [2.24, 2.45) is 0 Å². The molecule has 4 heteroatoms. The number of nitrogens with zero attached hydrogens (tertiary/aromatic N) is 2. The largest absolute Gasteiger partial charge is 0.396 e. The number of aliphatic hydroxyl groups excluding tert-OH is 1. The molecule has 18 heavy (non-hydrogen) atoms. The van der Waals surface area contributed by atoms with Gasteiger partial charge in [0.05, 0.1) is 0 Å². The molecular formula is C14H30N2O2. The quantitative estimate of drug-likeness (QED) is 0.574. The molecule has 0 aromatic carbocycles.